The lowest BCUT2D eigenvalue weighted by atomic mass is 9.89. The number of aromatic nitrogens is 2. The second kappa shape index (κ2) is 4.41. The van der Waals surface area contributed by atoms with Gasteiger partial charge in [0.25, 0.3) is 0 Å². The molecule has 0 unspecified atom stereocenters. The fourth-order valence-electron chi connectivity index (χ4n) is 2.71. The average molecular weight is 262 g/mol. The molecule has 0 radical (unpaired) electrons. The molecule has 4 heteroatoms. The van der Waals surface area contributed by atoms with Gasteiger partial charge in [0.15, 0.2) is 0 Å². The van der Waals surface area contributed by atoms with Gasteiger partial charge in [-0.15, -0.1) is 0 Å². The Morgan fingerprint density at radius 2 is 1.78 bits per heavy atom. The molecule has 0 atom stereocenters. The summed E-state index contributed by atoms with van der Waals surface area (Å²) in [6, 6.07) is 10.0. The number of nitrogens with two attached hydrogens (primary N) is 1. The fourth-order valence-corrected chi connectivity index (χ4v) is 2.90. The molecule has 1 heterocycles. The van der Waals surface area contributed by atoms with Crippen molar-refractivity contribution in [3.63, 3.8) is 0 Å². The molecule has 0 amide bonds. The number of hydrogen-bond donors (Lipinski definition) is 1. The predicted molar refractivity (Wildman–Crippen MR) is 72.9 cm³/mol. The second-order valence-corrected chi connectivity index (χ2v) is 5.36. The molecule has 0 aliphatic heterocycles. The Morgan fingerprint density at radius 1 is 1.11 bits per heavy atom. The molecular weight excluding hydrogens is 246 g/mol. The van der Waals surface area contributed by atoms with Gasteiger partial charge in [-0.1, -0.05) is 36.6 Å². The zero-order valence-corrected chi connectivity index (χ0v) is 10.9. The van der Waals surface area contributed by atoms with E-state index in [0.717, 1.165) is 18.5 Å². The number of benzene rings is 1. The molecule has 94 valence electrons. The summed E-state index contributed by atoms with van der Waals surface area (Å²) >= 11 is 6.04. The van der Waals surface area contributed by atoms with E-state index in [-0.39, 0.29) is 5.54 Å². The normalized spacial score (nSPS) is 18.1. The van der Waals surface area contributed by atoms with E-state index in [1.165, 1.54) is 18.4 Å². The van der Waals surface area contributed by atoms with Crippen molar-refractivity contribution in [1.29, 1.82) is 0 Å². The lowest BCUT2D eigenvalue weighted by Crippen LogP contribution is -2.32. The van der Waals surface area contributed by atoms with Crippen molar-refractivity contribution < 1.29 is 0 Å². The zero-order chi connectivity index (χ0) is 12.6. The van der Waals surface area contributed by atoms with Crippen LogP contribution in [0.2, 0.25) is 5.15 Å². The highest BCUT2D eigenvalue weighted by Gasteiger charge is 2.30. The summed E-state index contributed by atoms with van der Waals surface area (Å²) in [6.45, 7) is 0. The molecular formula is C14H16ClN3. The van der Waals surface area contributed by atoms with E-state index < -0.39 is 0 Å². The monoisotopic (exact) mass is 261 g/mol. The Hall–Kier alpha value is -1.32. The van der Waals surface area contributed by atoms with Gasteiger partial charge in [0.1, 0.15) is 5.15 Å². The van der Waals surface area contributed by atoms with Crippen LogP contribution in [0.15, 0.2) is 36.5 Å². The van der Waals surface area contributed by atoms with Gasteiger partial charge in [-0.05, 0) is 36.6 Å². The van der Waals surface area contributed by atoms with Crippen molar-refractivity contribution in [2.75, 3.05) is 0 Å². The van der Waals surface area contributed by atoms with Gasteiger partial charge in [0, 0.05) is 5.54 Å². The molecule has 0 bridgehead atoms. The quantitative estimate of drug-likeness (QED) is 0.902. The molecule has 2 N–H and O–H groups in total. The predicted octanol–water partition coefficient (Wildman–Crippen LogP) is 3.25. The van der Waals surface area contributed by atoms with Crippen LogP contribution in [0.25, 0.3) is 5.69 Å². The fraction of sp³-hybridized carbons (Fsp3) is 0.357. The molecule has 1 fully saturated rings. The molecule has 0 spiro atoms. The highest BCUT2D eigenvalue weighted by Crippen LogP contribution is 2.36. The number of rotatable bonds is 2. The molecule has 0 saturated heterocycles. The van der Waals surface area contributed by atoms with E-state index in [2.05, 4.69) is 17.2 Å². The van der Waals surface area contributed by atoms with Crippen molar-refractivity contribution in [3.8, 4) is 5.69 Å². The molecule has 1 aliphatic carbocycles. The summed E-state index contributed by atoms with van der Waals surface area (Å²) in [4.78, 5) is 0. The van der Waals surface area contributed by atoms with Gasteiger partial charge in [0.05, 0.1) is 11.9 Å². The van der Waals surface area contributed by atoms with Crippen LogP contribution in [0.4, 0.5) is 0 Å². The third-order valence-electron chi connectivity index (χ3n) is 3.78. The van der Waals surface area contributed by atoms with Crippen LogP contribution in [0, 0.1) is 0 Å². The summed E-state index contributed by atoms with van der Waals surface area (Å²) in [5.41, 5.74) is 8.48. The first-order valence-electron chi connectivity index (χ1n) is 6.28. The van der Waals surface area contributed by atoms with Crippen LogP contribution in [-0.4, -0.2) is 9.78 Å². The average Bonchev–Trinajstić information content (AvgIpc) is 2.99. The minimum atomic E-state index is -0.132. The van der Waals surface area contributed by atoms with Crippen molar-refractivity contribution >= 4 is 11.6 Å². The van der Waals surface area contributed by atoms with Crippen LogP contribution in [0.1, 0.15) is 31.2 Å². The second-order valence-electron chi connectivity index (χ2n) is 4.98. The van der Waals surface area contributed by atoms with Crippen molar-refractivity contribution in [2.24, 2.45) is 5.73 Å². The van der Waals surface area contributed by atoms with Crippen molar-refractivity contribution in [2.45, 2.75) is 31.2 Å². The first-order chi connectivity index (χ1) is 8.69. The molecule has 1 aromatic heterocycles. The van der Waals surface area contributed by atoms with Crippen LogP contribution in [-0.2, 0) is 5.54 Å². The molecule has 3 rings (SSSR count). The largest absolute Gasteiger partial charge is 0.321 e. The topological polar surface area (TPSA) is 43.8 Å². The van der Waals surface area contributed by atoms with E-state index in [0.29, 0.717) is 5.15 Å². The molecule has 3 nitrogen and oxygen atoms in total. The summed E-state index contributed by atoms with van der Waals surface area (Å²) in [5, 5.41) is 4.80. The molecule has 2 aromatic rings. The molecule has 1 aliphatic rings. The van der Waals surface area contributed by atoms with Crippen molar-refractivity contribution in [3.05, 3.63) is 47.2 Å². The van der Waals surface area contributed by atoms with E-state index in [1.54, 1.807) is 16.9 Å². The number of halogens is 1. The summed E-state index contributed by atoms with van der Waals surface area (Å²) in [5.74, 6) is 0. The summed E-state index contributed by atoms with van der Waals surface area (Å²) < 4.78 is 1.71. The van der Waals surface area contributed by atoms with Gasteiger partial charge in [0.2, 0.25) is 0 Å². The van der Waals surface area contributed by atoms with E-state index >= 15 is 0 Å². The van der Waals surface area contributed by atoms with Crippen LogP contribution in [0.3, 0.4) is 0 Å². The molecule has 1 saturated carbocycles. The minimum absolute atomic E-state index is 0.132. The molecule has 1 aromatic carbocycles. The summed E-state index contributed by atoms with van der Waals surface area (Å²) in [6.07, 6.45) is 6.30. The Labute approximate surface area is 112 Å². The Bertz CT molecular complexity index is 538. The SMILES string of the molecule is NC1(c2ccc(-n3nccc3Cl)cc2)CCCC1. The van der Waals surface area contributed by atoms with Gasteiger partial charge >= 0.3 is 0 Å². The standard InChI is InChI=1S/C14H16ClN3/c15-13-7-10-17-18(13)12-5-3-11(4-6-12)14(16)8-1-2-9-14/h3-7,10H,1-2,8-9,16H2. The third-order valence-corrected chi connectivity index (χ3v) is 4.07. The number of hydrogen-bond acceptors (Lipinski definition) is 2. The Morgan fingerprint density at radius 3 is 2.33 bits per heavy atom. The third kappa shape index (κ3) is 1.93. The van der Waals surface area contributed by atoms with Gasteiger partial charge < -0.3 is 5.73 Å². The zero-order valence-electron chi connectivity index (χ0n) is 10.1. The van der Waals surface area contributed by atoms with E-state index in [4.69, 9.17) is 17.3 Å². The van der Waals surface area contributed by atoms with E-state index in [1.807, 2.05) is 12.1 Å². The highest BCUT2D eigenvalue weighted by atomic mass is 35.5. The van der Waals surface area contributed by atoms with Crippen molar-refractivity contribution in [1.82, 2.24) is 9.78 Å². The molecule has 18 heavy (non-hydrogen) atoms. The maximum absolute atomic E-state index is 6.43. The lowest BCUT2D eigenvalue weighted by Gasteiger charge is -2.24. The van der Waals surface area contributed by atoms with Crippen LogP contribution >= 0.6 is 11.6 Å². The summed E-state index contributed by atoms with van der Waals surface area (Å²) in [7, 11) is 0. The van der Waals surface area contributed by atoms with Crippen LogP contribution in [0.5, 0.6) is 0 Å². The maximum Gasteiger partial charge on any atom is 0.132 e. The number of nitrogens with zero attached hydrogens (tertiary/aromatic N) is 2. The minimum Gasteiger partial charge on any atom is -0.321 e. The Kier molecular flexibility index (Phi) is 2.88. The maximum atomic E-state index is 6.43. The van der Waals surface area contributed by atoms with Gasteiger partial charge in [-0.2, -0.15) is 5.10 Å². The Balaban J connectivity index is 1.92. The highest BCUT2D eigenvalue weighted by molar-refractivity contribution is 6.29. The smallest absolute Gasteiger partial charge is 0.132 e. The van der Waals surface area contributed by atoms with Gasteiger partial charge in [-0.3, -0.25) is 0 Å². The van der Waals surface area contributed by atoms with Gasteiger partial charge in [-0.25, -0.2) is 4.68 Å². The lowest BCUT2D eigenvalue weighted by molar-refractivity contribution is 0.461. The van der Waals surface area contributed by atoms with Crippen LogP contribution < -0.4 is 5.73 Å². The first-order valence-corrected chi connectivity index (χ1v) is 6.66. The first kappa shape index (κ1) is 11.8. The van der Waals surface area contributed by atoms with E-state index in [9.17, 15) is 0 Å².